The van der Waals surface area contributed by atoms with Gasteiger partial charge in [0.1, 0.15) is 4.90 Å². The van der Waals surface area contributed by atoms with E-state index >= 15 is 0 Å². The van der Waals surface area contributed by atoms with E-state index in [2.05, 4.69) is 10.2 Å². The van der Waals surface area contributed by atoms with E-state index in [0.29, 0.717) is 29.4 Å². The molecule has 0 N–H and O–H groups in total. The predicted octanol–water partition coefficient (Wildman–Crippen LogP) is 3.48. The minimum Gasteiger partial charge on any atom is -0.411 e. The first-order chi connectivity index (χ1) is 14.9. The molecule has 0 saturated carbocycles. The number of fused-ring (bicyclic) bond motifs is 1. The van der Waals surface area contributed by atoms with Gasteiger partial charge in [-0.25, -0.2) is 8.42 Å². The van der Waals surface area contributed by atoms with Gasteiger partial charge in [-0.2, -0.15) is 0 Å². The molecule has 0 bridgehead atoms. The number of likely N-dealkylation sites (tertiary alicyclic amines) is 1. The molecule has 5 rings (SSSR count). The molecule has 8 nitrogen and oxygen atoms in total. The Bertz CT molecular complexity index is 1240. The van der Waals surface area contributed by atoms with Crippen molar-refractivity contribution in [3.63, 3.8) is 0 Å². The summed E-state index contributed by atoms with van der Waals surface area (Å²) in [6, 6.07) is 9.18. The summed E-state index contributed by atoms with van der Waals surface area (Å²) in [5.74, 6) is -0.171. The molecule has 1 aromatic carbocycles. The number of carbonyl (C=O) groups excluding carboxylic acids is 1. The van der Waals surface area contributed by atoms with Crippen LogP contribution >= 0.6 is 11.3 Å². The van der Waals surface area contributed by atoms with Crippen molar-refractivity contribution in [2.45, 2.75) is 37.5 Å². The van der Waals surface area contributed by atoms with E-state index < -0.39 is 10.0 Å². The largest absolute Gasteiger partial charge is 0.411 e. The third kappa shape index (κ3) is 3.53. The fourth-order valence-corrected chi connectivity index (χ4v) is 7.18. The topological polar surface area (TPSA) is 96.6 Å². The second-order valence-corrected chi connectivity index (χ2v) is 10.8. The number of aryl methyl sites for hydroxylation is 2. The van der Waals surface area contributed by atoms with Crippen LogP contribution in [0.25, 0.3) is 10.8 Å². The van der Waals surface area contributed by atoms with Gasteiger partial charge in [0.25, 0.3) is 15.9 Å². The normalized spacial score (nSPS) is 16.5. The Morgan fingerprint density at radius 2 is 1.87 bits per heavy atom. The van der Waals surface area contributed by atoms with Crippen molar-refractivity contribution in [3.8, 4) is 10.8 Å². The van der Waals surface area contributed by atoms with Crippen molar-refractivity contribution in [3.05, 3.63) is 46.7 Å². The van der Waals surface area contributed by atoms with Gasteiger partial charge in [0, 0.05) is 24.5 Å². The first kappa shape index (κ1) is 20.2. The van der Waals surface area contributed by atoms with Crippen LogP contribution in [0.3, 0.4) is 0 Å². The summed E-state index contributed by atoms with van der Waals surface area (Å²) in [6.07, 6.45) is 3.58. The number of hydrogen-bond donors (Lipinski definition) is 0. The Labute approximate surface area is 184 Å². The smallest absolute Gasteiger partial charge is 0.311 e. The molecule has 162 valence electrons. The SMILES string of the molecule is Cc1sc(-c2nnc(C(=O)N3CCCC3)o2)cc1S(=O)(=O)N1CCCc2ccccc21. The first-order valence-corrected chi connectivity index (χ1v) is 12.5. The molecule has 1 amide bonds. The Kier molecular flexibility index (Phi) is 5.05. The molecule has 4 heterocycles. The molecule has 0 radical (unpaired) electrons. The highest BCUT2D eigenvalue weighted by Crippen LogP contribution is 2.38. The Hall–Kier alpha value is -2.72. The quantitative estimate of drug-likeness (QED) is 0.594. The van der Waals surface area contributed by atoms with Crippen LogP contribution in [-0.2, 0) is 16.4 Å². The molecule has 2 aromatic heterocycles. The molecule has 3 aromatic rings. The van der Waals surface area contributed by atoms with Crippen LogP contribution in [0.5, 0.6) is 0 Å². The van der Waals surface area contributed by atoms with Gasteiger partial charge < -0.3 is 9.32 Å². The van der Waals surface area contributed by atoms with E-state index in [9.17, 15) is 13.2 Å². The molecule has 1 saturated heterocycles. The highest BCUT2D eigenvalue weighted by Gasteiger charge is 2.32. The van der Waals surface area contributed by atoms with E-state index in [4.69, 9.17) is 4.42 Å². The lowest BCUT2D eigenvalue weighted by Gasteiger charge is -2.30. The average molecular weight is 459 g/mol. The zero-order valence-electron chi connectivity index (χ0n) is 17.1. The fraction of sp³-hybridized carbons (Fsp3) is 0.381. The lowest BCUT2D eigenvalue weighted by atomic mass is 10.0. The number of carbonyl (C=O) groups is 1. The van der Waals surface area contributed by atoms with Crippen molar-refractivity contribution >= 4 is 33.0 Å². The summed E-state index contributed by atoms with van der Waals surface area (Å²) in [5.41, 5.74) is 1.77. The lowest BCUT2D eigenvalue weighted by Crippen LogP contribution is -2.35. The Balaban J connectivity index is 1.46. The zero-order chi connectivity index (χ0) is 21.6. The first-order valence-electron chi connectivity index (χ1n) is 10.3. The number of amides is 1. The van der Waals surface area contributed by atoms with Gasteiger partial charge in [0.15, 0.2) is 0 Å². The van der Waals surface area contributed by atoms with Gasteiger partial charge in [-0.05, 0) is 50.3 Å². The predicted molar refractivity (Wildman–Crippen MR) is 117 cm³/mol. The highest BCUT2D eigenvalue weighted by atomic mass is 32.2. The van der Waals surface area contributed by atoms with Crippen molar-refractivity contribution < 1.29 is 17.6 Å². The van der Waals surface area contributed by atoms with Gasteiger partial charge in [-0.15, -0.1) is 21.5 Å². The summed E-state index contributed by atoms with van der Waals surface area (Å²) in [5, 5.41) is 7.90. The number of hydrogen-bond acceptors (Lipinski definition) is 7. The molecule has 31 heavy (non-hydrogen) atoms. The number of nitrogens with zero attached hydrogens (tertiary/aromatic N) is 4. The molecule has 2 aliphatic heterocycles. The summed E-state index contributed by atoms with van der Waals surface area (Å²) in [4.78, 5) is 15.6. The average Bonchev–Trinajstić information content (AvgIpc) is 3.53. The van der Waals surface area contributed by atoms with Crippen LogP contribution in [0.4, 0.5) is 5.69 Å². The molecule has 0 spiro atoms. The van der Waals surface area contributed by atoms with Gasteiger partial charge in [0.2, 0.25) is 0 Å². The molecular formula is C21H22N4O4S2. The Morgan fingerprint density at radius 3 is 2.68 bits per heavy atom. The fourth-order valence-electron chi connectivity index (χ4n) is 4.16. The standard InChI is InChI=1S/C21H22N4O4S2/c1-14-18(31(27,28)25-12-6-8-15-7-2-3-9-16(15)25)13-17(30-14)19-22-23-20(29-19)21(26)24-10-4-5-11-24/h2-3,7,9,13H,4-6,8,10-12H2,1H3. The number of rotatable bonds is 4. The lowest BCUT2D eigenvalue weighted by molar-refractivity contribution is 0.0754. The van der Waals surface area contributed by atoms with E-state index in [-0.39, 0.29) is 22.6 Å². The van der Waals surface area contributed by atoms with E-state index in [1.165, 1.54) is 15.6 Å². The van der Waals surface area contributed by atoms with Crippen molar-refractivity contribution in [2.75, 3.05) is 23.9 Å². The summed E-state index contributed by atoms with van der Waals surface area (Å²) < 4.78 is 34.1. The number of benzene rings is 1. The summed E-state index contributed by atoms with van der Waals surface area (Å²) >= 11 is 1.27. The van der Waals surface area contributed by atoms with E-state index in [1.54, 1.807) is 17.9 Å². The van der Waals surface area contributed by atoms with Crippen LogP contribution < -0.4 is 4.31 Å². The maximum Gasteiger partial charge on any atom is 0.311 e. The zero-order valence-corrected chi connectivity index (χ0v) is 18.7. The second-order valence-electron chi connectivity index (χ2n) is 7.75. The van der Waals surface area contributed by atoms with Crippen LogP contribution in [-0.4, -0.2) is 49.1 Å². The third-order valence-electron chi connectivity index (χ3n) is 5.72. The van der Waals surface area contributed by atoms with E-state index in [0.717, 1.165) is 36.9 Å². The second kappa shape index (κ2) is 7.76. The van der Waals surface area contributed by atoms with Gasteiger partial charge in [0.05, 0.1) is 10.6 Å². The van der Waals surface area contributed by atoms with Crippen molar-refractivity contribution in [2.24, 2.45) is 0 Å². The van der Waals surface area contributed by atoms with Crippen LogP contribution in [0.1, 0.15) is 40.4 Å². The molecule has 1 fully saturated rings. The number of anilines is 1. The van der Waals surface area contributed by atoms with Crippen molar-refractivity contribution in [1.29, 1.82) is 0 Å². The van der Waals surface area contributed by atoms with Gasteiger partial charge in [-0.1, -0.05) is 18.2 Å². The molecule has 2 aliphatic rings. The monoisotopic (exact) mass is 458 g/mol. The minimum atomic E-state index is -3.74. The minimum absolute atomic E-state index is 0.0580. The number of thiophene rings is 1. The maximum atomic E-state index is 13.5. The van der Waals surface area contributed by atoms with Crippen LogP contribution in [0.15, 0.2) is 39.6 Å². The molecular weight excluding hydrogens is 436 g/mol. The van der Waals surface area contributed by atoms with Crippen LogP contribution in [0, 0.1) is 6.92 Å². The molecule has 0 unspecified atom stereocenters. The summed E-state index contributed by atoms with van der Waals surface area (Å²) in [6.45, 7) is 3.59. The summed E-state index contributed by atoms with van der Waals surface area (Å²) in [7, 11) is -3.74. The third-order valence-corrected chi connectivity index (χ3v) is 8.83. The van der Waals surface area contributed by atoms with Gasteiger partial charge in [-0.3, -0.25) is 9.10 Å². The number of para-hydroxylation sites is 1. The number of aromatic nitrogens is 2. The van der Waals surface area contributed by atoms with Gasteiger partial charge >= 0.3 is 11.8 Å². The molecule has 0 atom stereocenters. The van der Waals surface area contributed by atoms with Crippen molar-refractivity contribution in [1.82, 2.24) is 15.1 Å². The van der Waals surface area contributed by atoms with E-state index in [1.807, 2.05) is 24.3 Å². The molecule has 0 aliphatic carbocycles. The molecule has 10 heteroatoms. The highest BCUT2D eigenvalue weighted by molar-refractivity contribution is 7.93. The maximum absolute atomic E-state index is 13.5. The Morgan fingerprint density at radius 1 is 1.10 bits per heavy atom. The van der Waals surface area contributed by atoms with Crippen LogP contribution in [0.2, 0.25) is 0 Å². The number of sulfonamides is 1.